The van der Waals surface area contributed by atoms with Crippen LogP contribution in [0.1, 0.15) is 67.2 Å². The van der Waals surface area contributed by atoms with Gasteiger partial charge >= 0.3 is 0 Å². The van der Waals surface area contributed by atoms with Crippen LogP contribution in [0.15, 0.2) is 11.6 Å². The molecule has 0 amide bonds. The summed E-state index contributed by atoms with van der Waals surface area (Å²) in [4.78, 5) is 3.56. The Kier molecular flexibility index (Phi) is 11.6. The van der Waals surface area contributed by atoms with Crippen LogP contribution >= 0.6 is 0 Å². The molecule has 0 rings (SSSR count). The average Bonchev–Trinajstić information content (AvgIpc) is 2.54. The summed E-state index contributed by atoms with van der Waals surface area (Å²) < 4.78 is 6.27. The summed E-state index contributed by atoms with van der Waals surface area (Å²) in [5.74, 6) is 1.17. The van der Waals surface area contributed by atoms with E-state index in [1.54, 1.807) is 0 Å². The molecule has 0 aliphatic heterocycles. The van der Waals surface area contributed by atoms with Crippen molar-refractivity contribution < 1.29 is 14.3 Å². The molecule has 0 aromatic carbocycles. The molecule has 140 valence electrons. The van der Waals surface area contributed by atoms with Crippen LogP contribution < -0.4 is 0 Å². The number of nitrogens with zero attached hydrogens (tertiary/aromatic N) is 2. The molecule has 0 bridgehead atoms. The predicted octanol–water partition coefficient (Wildman–Crippen LogP) is 5.38. The first-order chi connectivity index (χ1) is 11.3. The lowest BCUT2D eigenvalue weighted by Crippen LogP contribution is -2.49. The minimum absolute atomic E-state index is 0.165. The van der Waals surface area contributed by atoms with Gasteiger partial charge in [0.05, 0.1) is 32.8 Å². The van der Waals surface area contributed by atoms with Crippen molar-refractivity contribution in [2.75, 3.05) is 32.8 Å². The van der Waals surface area contributed by atoms with Crippen molar-refractivity contribution in [1.82, 2.24) is 0 Å². The van der Waals surface area contributed by atoms with Gasteiger partial charge in [0.15, 0.2) is 0 Å². The molecule has 0 aromatic heterocycles. The first-order valence-corrected chi connectivity index (χ1v) is 9.57. The molecule has 24 heavy (non-hydrogen) atoms. The molecule has 0 saturated carbocycles. The number of hydrogen-bond donors (Lipinski definition) is 1. The summed E-state index contributed by atoms with van der Waals surface area (Å²) in [5.41, 5.74) is 0.368. The average molecular weight is 340 g/mol. The Bertz CT molecular complexity index is 404. The number of quaternary nitrogens is 1. The van der Waals surface area contributed by atoms with E-state index in [2.05, 4.69) is 46.4 Å². The Morgan fingerprint density at radius 1 is 1.04 bits per heavy atom. The summed E-state index contributed by atoms with van der Waals surface area (Å²) >= 11 is 0. The Morgan fingerprint density at radius 3 is 2.04 bits per heavy atom. The van der Waals surface area contributed by atoms with Crippen LogP contribution in [0.4, 0.5) is 0 Å². The van der Waals surface area contributed by atoms with Crippen LogP contribution in [0.5, 0.6) is 0 Å². The summed E-state index contributed by atoms with van der Waals surface area (Å²) in [7, 11) is 0. The summed E-state index contributed by atoms with van der Waals surface area (Å²) in [6, 6.07) is 0. The lowest BCUT2D eigenvalue weighted by Gasteiger charge is -2.37. The van der Waals surface area contributed by atoms with E-state index in [1.807, 2.05) is 0 Å². The van der Waals surface area contributed by atoms with Crippen LogP contribution in [0.2, 0.25) is 0 Å². The van der Waals surface area contributed by atoms with Crippen LogP contribution in [-0.4, -0.2) is 42.4 Å². The van der Waals surface area contributed by atoms with Crippen molar-refractivity contribution in [2.24, 2.45) is 11.8 Å². The summed E-state index contributed by atoms with van der Waals surface area (Å²) in [6.07, 6.45) is 4.33. The van der Waals surface area contributed by atoms with Crippen molar-refractivity contribution >= 4 is 0 Å². The molecule has 1 N–H and O–H groups in total. The molecule has 0 radical (unpaired) electrons. The van der Waals surface area contributed by atoms with Gasteiger partial charge in [-0.15, -0.1) is 0 Å². The molecule has 0 spiro atoms. The second-order valence-electron chi connectivity index (χ2n) is 7.64. The van der Waals surface area contributed by atoms with Crippen LogP contribution in [0, 0.1) is 18.4 Å². The highest BCUT2D eigenvalue weighted by atomic mass is 16.6. The zero-order valence-electron chi connectivity index (χ0n) is 16.8. The molecule has 4 nitrogen and oxygen atoms in total. The maximum atomic E-state index is 10.2. The molecule has 0 fully saturated rings. The lowest BCUT2D eigenvalue weighted by atomic mass is 10.1. The van der Waals surface area contributed by atoms with Gasteiger partial charge in [0.1, 0.15) is 6.54 Å². The number of ether oxygens (including phenoxy) is 1. The number of hydrogen-bond acceptors (Lipinski definition) is 2. The molecule has 4 heteroatoms. The predicted molar refractivity (Wildman–Crippen MR) is 101 cm³/mol. The molecule has 0 aliphatic rings. The van der Waals surface area contributed by atoms with Crippen molar-refractivity contribution in [3.05, 3.63) is 23.1 Å². The van der Waals surface area contributed by atoms with Crippen LogP contribution in [0.3, 0.4) is 0 Å². The van der Waals surface area contributed by atoms with Gasteiger partial charge in [-0.25, -0.2) is 4.85 Å². The van der Waals surface area contributed by atoms with Crippen molar-refractivity contribution in [3.8, 4) is 0 Å². The van der Waals surface area contributed by atoms with Gasteiger partial charge in [-0.05, 0) is 51.4 Å². The fourth-order valence-electron chi connectivity index (χ4n) is 2.89. The maximum Gasteiger partial charge on any atom is 0.295 e. The highest BCUT2D eigenvalue weighted by Gasteiger charge is 2.27. The van der Waals surface area contributed by atoms with Gasteiger partial charge in [-0.1, -0.05) is 27.7 Å². The summed E-state index contributed by atoms with van der Waals surface area (Å²) in [6.45, 7) is 24.6. The lowest BCUT2D eigenvalue weighted by molar-refractivity contribution is -0.920. The number of aliphatic hydroxyl groups is 1. The minimum Gasteiger partial charge on any atom is -0.489 e. The topological polar surface area (TPSA) is 33.8 Å². The molecular weight excluding hydrogens is 300 g/mol. The van der Waals surface area contributed by atoms with E-state index in [4.69, 9.17) is 11.3 Å². The third-order valence-electron chi connectivity index (χ3n) is 4.79. The van der Waals surface area contributed by atoms with Gasteiger partial charge in [0.25, 0.3) is 11.6 Å². The van der Waals surface area contributed by atoms with E-state index in [-0.39, 0.29) is 5.95 Å². The number of aliphatic hydroxyl groups excluding tert-OH is 1. The highest BCUT2D eigenvalue weighted by Crippen LogP contribution is 2.18. The normalized spacial score (nSPS) is 13.1. The van der Waals surface area contributed by atoms with E-state index in [1.165, 1.54) is 6.42 Å². The smallest absolute Gasteiger partial charge is 0.295 e. The second-order valence-corrected chi connectivity index (χ2v) is 7.64. The molecule has 0 aliphatic carbocycles. The van der Waals surface area contributed by atoms with Gasteiger partial charge in [-0.3, -0.25) is 0 Å². The number of rotatable bonds is 13. The van der Waals surface area contributed by atoms with E-state index in [9.17, 15) is 5.11 Å². The van der Waals surface area contributed by atoms with Crippen molar-refractivity contribution in [2.45, 2.75) is 67.2 Å². The van der Waals surface area contributed by atoms with E-state index >= 15 is 0 Å². The standard InChI is InChI=1S/C20H38N2O2/c1-8-22(9-2,14-10-12-17(3)4)16-19(21-7)20(23)24-15-11-13-18(5)6/h17-18H,8-16H2,1-6H3/p+1/b20-19+. The largest absolute Gasteiger partial charge is 0.489 e. The molecule has 0 saturated heterocycles. The van der Waals surface area contributed by atoms with Gasteiger partial charge < -0.3 is 14.3 Å². The highest BCUT2D eigenvalue weighted by molar-refractivity contribution is 5.11. The zero-order valence-corrected chi connectivity index (χ0v) is 16.8. The Balaban J connectivity index is 4.80. The molecule has 0 unspecified atom stereocenters. The molecule has 0 heterocycles. The maximum absolute atomic E-state index is 10.2. The van der Waals surface area contributed by atoms with Gasteiger partial charge in [0.2, 0.25) is 0 Å². The van der Waals surface area contributed by atoms with Gasteiger partial charge in [-0.2, -0.15) is 0 Å². The van der Waals surface area contributed by atoms with E-state index in [0.29, 0.717) is 30.7 Å². The fraction of sp³-hybridized carbons (Fsp3) is 0.850. The van der Waals surface area contributed by atoms with Crippen molar-refractivity contribution in [1.29, 1.82) is 0 Å². The third kappa shape index (κ3) is 9.17. The first kappa shape index (κ1) is 22.8. The Hall–Kier alpha value is -1.21. The SMILES string of the molecule is [C-]#[N+]/C(C[N+](CC)(CC)CCCC(C)C)=C(\O)OCCCC(C)C. The van der Waals surface area contributed by atoms with Crippen LogP contribution in [-0.2, 0) is 4.74 Å². The quantitative estimate of drug-likeness (QED) is 0.212. The fourth-order valence-corrected chi connectivity index (χ4v) is 2.89. The second kappa shape index (κ2) is 12.2. The van der Waals surface area contributed by atoms with Gasteiger partial charge in [0, 0.05) is 0 Å². The van der Waals surface area contributed by atoms with Crippen molar-refractivity contribution in [3.63, 3.8) is 0 Å². The summed E-state index contributed by atoms with van der Waals surface area (Å²) in [5, 5.41) is 10.2. The molecule has 0 aromatic rings. The number of likely N-dealkylation sites (N-methyl/N-ethyl adjacent to an activating group) is 1. The molecular formula is C20H39N2O2+. The molecule has 0 atom stereocenters. The Morgan fingerprint density at radius 2 is 1.58 bits per heavy atom. The van der Waals surface area contributed by atoms with Crippen LogP contribution in [0.25, 0.3) is 4.85 Å². The first-order valence-electron chi connectivity index (χ1n) is 9.57. The van der Waals surface area contributed by atoms with E-state index < -0.39 is 0 Å². The third-order valence-corrected chi connectivity index (χ3v) is 4.79. The Labute approximate surface area is 149 Å². The monoisotopic (exact) mass is 339 g/mol. The zero-order chi connectivity index (χ0) is 18.6. The van der Waals surface area contributed by atoms with E-state index in [0.717, 1.165) is 43.4 Å². The minimum atomic E-state index is -0.165.